The van der Waals surface area contributed by atoms with E-state index in [0.717, 1.165) is 21.4 Å². The van der Waals surface area contributed by atoms with E-state index in [9.17, 15) is 4.39 Å². The minimum absolute atomic E-state index is 0.199. The maximum Gasteiger partial charge on any atom is 0.191 e. The van der Waals surface area contributed by atoms with Crippen LogP contribution >= 0.6 is 23.1 Å². The Morgan fingerprint density at radius 3 is 2.93 bits per heavy atom. The van der Waals surface area contributed by atoms with Gasteiger partial charge in [-0.1, -0.05) is 6.07 Å². The molecule has 0 saturated heterocycles. The third kappa shape index (κ3) is 1.29. The summed E-state index contributed by atoms with van der Waals surface area (Å²) in [4.78, 5) is 0.585. The lowest BCUT2D eigenvalue weighted by molar-refractivity contribution is 0.636. The van der Waals surface area contributed by atoms with Gasteiger partial charge in [0, 0.05) is 10.1 Å². The highest BCUT2D eigenvalue weighted by Crippen LogP contribution is 2.37. The van der Waals surface area contributed by atoms with Crippen molar-refractivity contribution in [3.63, 3.8) is 0 Å². The van der Waals surface area contributed by atoms with Crippen molar-refractivity contribution in [2.45, 2.75) is 4.90 Å². The fraction of sp³-hybridized carbons (Fsp3) is 0.100. The van der Waals surface area contributed by atoms with Gasteiger partial charge in [-0.2, -0.15) is 9.65 Å². The second-order valence-corrected chi connectivity index (χ2v) is 4.52. The lowest BCUT2D eigenvalue weighted by atomic mass is 10.1. The summed E-state index contributed by atoms with van der Waals surface area (Å²) in [7, 11) is 0. The van der Waals surface area contributed by atoms with Gasteiger partial charge in [-0.3, -0.25) is 0 Å². The highest BCUT2D eigenvalue weighted by atomic mass is 32.2. The van der Waals surface area contributed by atoms with Crippen molar-refractivity contribution >= 4 is 33.2 Å². The maximum atomic E-state index is 13.4. The van der Waals surface area contributed by atoms with Crippen LogP contribution in [0.3, 0.4) is 0 Å². The lowest BCUT2D eigenvalue weighted by Crippen LogP contribution is -1.77. The molecule has 1 aromatic carbocycles. The van der Waals surface area contributed by atoms with E-state index < -0.39 is 0 Å². The van der Waals surface area contributed by atoms with Crippen molar-refractivity contribution < 1.29 is 4.39 Å². The van der Waals surface area contributed by atoms with E-state index in [1.807, 2.05) is 12.3 Å². The molecule has 0 amide bonds. The Hall–Kier alpha value is -1.05. The summed E-state index contributed by atoms with van der Waals surface area (Å²) in [6.07, 6.45) is 1.82. The minimum Gasteiger partial charge on any atom is -0.194 e. The predicted molar refractivity (Wildman–Crippen MR) is 58.3 cm³/mol. The van der Waals surface area contributed by atoms with Crippen LogP contribution in [0.25, 0.3) is 10.1 Å². The highest BCUT2D eigenvalue weighted by molar-refractivity contribution is 7.99. The molecular weight excluding hydrogens is 217 g/mol. The quantitative estimate of drug-likeness (QED) is 0.689. The van der Waals surface area contributed by atoms with E-state index in [2.05, 4.69) is 6.07 Å². The standard InChI is InChI=1S/C10H6FNS2/c1-13-9-8-6(5-12)3-2-4-7(8)14-10(9)11/h2-4H,1H3. The number of rotatable bonds is 1. The molecule has 0 atom stereocenters. The van der Waals surface area contributed by atoms with Gasteiger partial charge in [-0.05, 0) is 18.4 Å². The Labute approximate surface area is 89.2 Å². The predicted octanol–water partition coefficient (Wildman–Crippen LogP) is 3.63. The third-order valence-corrected chi connectivity index (χ3v) is 3.82. The molecule has 0 aliphatic rings. The van der Waals surface area contributed by atoms with E-state index in [1.54, 1.807) is 12.1 Å². The van der Waals surface area contributed by atoms with Gasteiger partial charge in [0.15, 0.2) is 5.13 Å². The molecule has 0 fully saturated rings. The average Bonchev–Trinajstić information content (AvgIpc) is 2.52. The Balaban J connectivity index is 2.91. The number of thiophene rings is 1. The maximum absolute atomic E-state index is 13.4. The molecule has 0 spiro atoms. The molecule has 0 bridgehead atoms. The Morgan fingerprint density at radius 1 is 1.50 bits per heavy atom. The molecule has 0 unspecified atom stereocenters. The van der Waals surface area contributed by atoms with Crippen molar-refractivity contribution in [3.05, 3.63) is 28.9 Å². The summed E-state index contributed by atoms with van der Waals surface area (Å²) < 4.78 is 14.2. The number of halogens is 1. The van der Waals surface area contributed by atoms with Crippen molar-refractivity contribution in [2.75, 3.05) is 6.26 Å². The van der Waals surface area contributed by atoms with Crippen molar-refractivity contribution in [1.82, 2.24) is 0 Å². The second-order valence-electron chi connectivity index (χ2n) is 2.70. The van der Waals surface area contributed by atoms with Gasteiger partial charge < -0.3 is 0 Å². The molecule has 1 nitrogen and oxygen atoms in total. The van der Waals surface area contributed by atoms with Crippen LogP contribution in [0.2, 0.25) is 0 Å². The molecule has 1 heterocycles. The number of benzene rings is 1. The molecule has 0 saturated carbocycles. The SMILES string of the molecule is CSc1c(F)sc2cccc(C#N)c12. The van der Waals surface area contributed by atoms with Crippen molar-refractivity contribution in [2.24, 2.45) is 0 Å². The van der Waals surface area contributed by atoms with Gasteiger partial charge in [0.2, 0.25) is 0 Å². The van der Waals surface area contributed by atoms with Gasteiger partial charge in [-0.25, -0.2) is 0 Å². The summed E-state index contributed by atoms with van der Waals surface area (Å²) in [6.45, 7) is 0. The largest absolute Gasteiger partial charge is 0.194 e. The third-order valence-electron chi connectivity index (χ3n) is 1.96. The minimum atomic E-state index is -0.199. The first kappa shape index (κ1) is 9.50. The van der Waals surface area contributed by atoms with Gasteiger partial charge in [0.1, 0.15) is 0 Å². The van der Waals surface area contributed by atoms with E-state index in [0.29, 0.717) is 10.5 Å². The number of hydrogen-bond donors (Lipinski definition) is 0. The molecule has 0 aliphatic carbocycles. The molecule has 1 aromatic heterocycles. The molecule has 0 N–H and O–H groups in total. The second kappa shape index (κ2) is 3.60. The van der Waals surface area contributed by atoms with Gasteiger partial charge in [0.25, 0.3) is 0 Å². The van der Waals surface area contributed by atoms with Gasteiger partial charge >= 0.3 is 0 Å². The van der Waals surface area contributed by atoms with Crippen molar-refractivity contribution in [3.8, 4) is 6.07 Å². The smallest absolute Gasteiger partial charge is 0.191 e. The van der Waals surface area contributed by atoms with Crippen molar-refractivity contribution in [1.29, 1.82) is 5.26 Å². The molecule has 2 rings (SSSR count). The monoisotopic (exact) mass is 223 g/mol. The summed E-state index contributed by atoms with van der Waals surface area (Å²) in [6, 6.07) is 7.42. The zero-order valence-corrected chi connectivity index (χ0v) is 9.01. The van der Waals surface area contributed by atoms with Crippen LogP contribution in [0, 0.1) is 16.5 Å². The molecule has 4 heteroatoms. The van der Waals surface area contributed by atoms with Gasteiger partial charge in [0.05, 0.1) is 16.5 Å². The van der Waals surface area contributed by atoms with Crippen LogP contribution in [-0.2, 0) is 0 Å². The highest BCUT2D eigenvalue weighted by Gasteiger charge is 2.13. The lowest BCUT2D eigenvalue weighted by Gasteiger charge is -1.95. The van der Waals surface area contributed by atoms with E-state index in [4.69, 9.17) is 5.26 Å². The number of fused-ring (bicyclic) bond motifs is 1. The van der Waals surface area contributed by atoms with Gasteiger partial charge in [-0.15, -0.1) is 23.1 Å². The van der Waals surface area contributed by atoms with E-state index in [1.165, 1.54) is 11.8 Å². The molecule has 14 heavy (non-hydrogen) atoms. The topological polar surface area (TPSA) is 23.8 Å². The van der Waals surface area contributed by atoms with Crippen LogP contribution < -0.4 is 0 Å². The number of hydrogen-bond acceptors (Lipinski definition) is 3. The molecule has 0 aliphatic heterocycles. The Morgan fingerprint density at radius 2 is 2.29 bits per heavy atom. The molecular formula is C10H6FNS2. The van der Waals surface area contributed by atoms with E-state index >= 15 is 0 Å². The first-order chi connectivity index (χ1) is 6.77. The molecule has 0 radical (unpaired) electrons. The van der Waals surface area contributed by atoms with Crippen LogP contribution in [0.4, 0.5) is 4.39 Å². The fourth-order valence-electron chi connectivity index (χ4n) is 1.37. The summed E-state index contributed by atoms with van der Waals surface area (Å²) in [5.74, 6) is 0. The Bertz CT molecular complexity index is 525. The summed E-state index contributed by atoms with van der Waals surface area (Å²) in [5, 5.41) is 9.44. The normalized spacial score (nSPS) is 10.4. The summed E-state index contributed by atoms with van der Waals surface area (Å²) in [5.41, 5.74) is 0.548. The zero-order valence-electron chi connectivity index (χ0n) is 7.37. The average molecular weight is 223 g/mol. The Kier molecular flexibility index (Phi) is 2.44. The first-order valence-electron chi connectivity index (χ1n) is 3.93. The van der Waals surface area contributed by atoms with Crippen LogP contribution in [0.15, 0.2) is 23.1 Å². The number of thioether (sulfide) groups is 1. The summed E-state index contributed by atoms with van der Waals surface area (Å²) >= 11 is 2.44. The first-order valence-corrected chi connectivity index (χ1v) is 5.97. The number of nitrogens with zero attached hydrogens (tertiary/aromatic N) is 1. The van der Waals surface area contributed by atoms with Crippen LogP contribution in [0.1, 0.15) is 5.56 Å². The fourth-order valence-corrected chi connectivity index (χ4v) is 3.24. The molecule has 2 aromatic rings. The molecule has 70 valence electrons. The number of nitriles is 1. The van der Waals surface area contributed by atoms with E-state index in [-0.39, 0.29) is 5.13 Å². The van der Waals surface area contributed by atoms with Crippen LogP contribution in [-0.4, -0.2) is 6.26 Å². The zero-order chi connectivity index (χ0) is 10.1. The van der Waals surface area contributed by atoms with Crippen LogP contribution in [0.5, 0.6) is 0 Å².